The summed E-state index contributed by atoms with van der Waals surface area (Å²) in [6, 6.07) is 5.19. The molecule has 3 aliphatic heterocycles. The highest BCUT2D eigenvalue weighted by atomic mass is 19.1. The number of halogens is 1. The van der Waals surface area contributed by atoms with Crippen molar-refractivity contribution in [3.05, 3.63) is 47.5 Å². The lowest BCUT2D eigenvalue weighted by Crippen LogP contribution is -2.63. The normalized spacial score (nSPS) is 29.5. The number of rotatable bonds is 4. The molecule has 3 aromatic rings. The van der Waals surface area contributed by atoms with Gasteiger partial charge in [0.25, 0.3) is 5.91 Å². The maximum Gasteiger partial charge on any atom is 0.261 e. The number of hydrogen-bond acceptors (Lipinski definition) is 7. The summed E-state index contributed by atoms with van der Waals surface area (Å²) >= 11 is 0. The summed E-state index contributed by atoms with van der Waals surface area (Å²) in [4.78, 5) is 19.2. The molecule has 6 rings (SSSR count). The fourth-order valence-electron chi connectivity index (χ4n) is 5.83. The van der Waals surface area contributed by atoms with Crippen molar-refractivity contribution in [1.82, 2.24) is 30.3 Å². The molecule has 0 aliphatic carbocycles. The SMILES string of the molecule is Cc1nn(C)cc1-c1cnc2c(c1)C(=O)N(c1ccc(OC3C[C@]4(C)CC[C@@](C)(N4)[C@@H]3F)nn1)C2. The quantitative estimate of drug-likeness (QED) is 0.617. The van der Waals surface area contributed by atoms with Crippen LogP contribution >= 0.6 is 0 Å². The van der Waals surface area contributed by atoms with E-state index in [1.807, 2.05) is 33.2 Å². The molecule has 0 radical (unpaired) electrons. The monoisotopic (exact) mass is 477 g/mol. The van der Waals surface area contributed by atoms with E-state index in [9.17, 15) is 4.79 Å². The van der Waals surface area contributed by atoms with E-state index in [4.69, 9.17) is 4.74 Å². The van der Waals surface area contributed by atoms with Crippen molar-refractivity contribution in [3.8, 4) is 17.0 Å². The largest absolute Gasteiger partial charge is 0.470 e. The van der Waals surface area contributed by atoms with E-state index in [0.717, 1.165) is 29.7 Å². The number of amides is 1. The third-order valence-corrected chi connectivity index (χ3v) is 7.62. The molecule has 1 amide bonds. The summed E-state index contributed by atoms with van der Waals surface area (Å²) in [5.74, 6) is 0.477. The molecule has 0 aromatic carbocycles. The van der Waals surface area contributed by atoms with E-state index in [1.54, 1.807) is 27.9 Å². The van der Waals surface area contributed by atoms with Gasteiger partial charge in [-0.25, -0.2) is 4.39 Å². The second-order valence-electron chi connectivity index (χ2n) is 10.5. The van der Waals surface area contributed by atoms with Crippen LogP contribution in [0.25, 0.3) is 11.1 Å². The number of alkyl halides is 1. The van der Waals surface area contributed by atoms with Crippen molar-refractivity contribution < 1.29 is 13.9 Å². The van der Waals surface area contributed by atoms with Crippen molar-refractivity contribution in [1.29, 1.82) is 0 Å². The molecular weight excluding hydrogens is 449 g/mol. The van der Waals surface area contributed by atoms with Crippen molar-refractivity contribution in [2.75, 3.05) is 4.90 Å². The van der Waals surface area contributed by atoms with E-state index in [0.29, 0.717) is 30.0 Å². The van der Waals surface area contributed by atoms with E-state index in [1.165, 1.54) is 0 Å². The minimum Gasteiger partial charge on any atom is -0.470 e. The molecule has 6 heterocycles. The highest BCUT2D eigenvalue weighted by Gasteiger charge is 2.56. The zero-order valence-electron chi connectivity index (χ0n) is 20.2. The Morgan fingerprint density at radius 3 is 2.74 bits per heavy atom. The number of nitrogens with one attached hydrogen (secondary N) is 1. The summed E-state index contributed by atoms with van der Waals surface area (Å²) in [5, 5.41) is 16.2. The molecule has 2 saturated heterocycles. The van der Waals surface area contributed by atoms with Crippen LogP contribution in [-0.4, -0.2) is 54.2 Å². The van der Waals surface area contributed by atoms with Gasteiger partial charge in [0, 0.05) is 48.6 Å². The first-order chi connectivity index (χ1) is 16.6. The van der Waals surface area contributed by atoms with Gasteiger partial charge >= 0.3 is 0 Å². The molecule has 2 fully saturated rings. The lowest BCUT2D eigenvalue weighted by atomic mass is 9.85. The van der Waals surface area contributed by atoms with Crippen LogP contribution in [0.15, 0.2) is 30.6 Å². The predicted molar refractivity (Wildman–Crippen MR) is 127 cm³/mol. The molecule has 10 heteroatoms. The Bertz CT molecular complexity index is 1330. The Kier molecular flexibility index (Phi) is 4.76. The van der Waals surface area contributed by atoms with Crippen LogP contribution in [0.4, 0.5) is 10.2 Å². The van der Waals surface area contributed by atoms with Crippen LogP contribution in [0.3, 0.4) is 0 Å². The fourth-order valence-corrected chi connectivity index (χ4v) is 5.83. The van der Waals surface area contributed by atoms with Crippen LogP contribution in [0.2, 0.25) is 0 Å². The summed E-state index contributed by atoms with van der Waals surface area (Å²) in [5.41, 5.74) is 3.17. The fraction of sp³-hybridized carbons (Fsp3) is 0.480. The van der Waals surface area contributed by atoms with Gasteiger partial charge in [-0.15, -0.1) is 10.2 Å². The molecule has 3 aromatic heterocycles. The molecule has 9 nitrogen and oxygen atoms in total. The lowest BCUT2D eigenvalue weighted by Gasteiger charge is -2.43. The van der Waals surface area contributed by atoms with E-state index in [2.05, 4.69) is 32.5 Å². The van der Waals surface area contributed by atoms with Crippen molar-refractivity contribution >= 4 is 11.7 Å². The van der Waals surface area contributed by atoms with Gasteiger partial charge in [-0.1, -0.05) is 0 Å². The number of hydrogen-bond donors (Lipinski definition) is 1. The number of carbonyl (C=O) groups excluding carboxylic acids is 1. The number of piperidine rings is 1. The Labute approximate surface area is 202 Å². The third-order valence-electron chi connectivity index (χ3n) is 7.62. The Morgan fingerprint density at radius 1 is 1.20 bits per heavy atom. The molecule has 3 aliphatic rings. The highest BCUT2D eigenvalue weighted by Crippen LogP contribution is 2.44. The number of aryl methyl sites for hydroxylation is 2. The number of aromatic nitrogens is 5. The average Bonchev–Trinajstić information content (AvgIpc) is 3.43. The molecule has 1 N–H and O–H groups in total. The number of carbonyl (C=O) groups is 1. The number of anilines is 1. The van der Waals surface area contributed by atoms with Gasteiger partial charge in [0.05, 0.1) is 29.0 Å². The summed E-state index contributed by atoms with van der Waals surface area (Å²) in [7, 11) is 1.86. The van der Waals surface area contributed by atoms with Gasteiger partial charge in [-0.05, 0) is 45.7 Å². The zero-order valence-corrected chi connectivity index (χ0v) is 20.2. The molecule has 0 saturated carbocycles. The average molecular weight is 478 g/mol. The summed E-state index contributed by atoms with van der Waals surface area (Å²) in [6.45, 7) is 6.27. The second-order valence-corrected chi connectivity index (χ2v) is 10.5. The van der Waals surface area contributed by atoms with Gasteiger partial charge < -0.3 is 10.1 Å². The topological polar surface area (TPSA) is 98.1 Å². The molecular formula is C25H28FN7O2. The van der Waals surface area contributed by atoms with Crippen LogP contribution in [0.1, 0.15) is 54.9 Å². The van der Waals surface area contributed by atoms with Gasteiger partial charge in [0.2, 0.25) is 5.88 Å². The number of fused-ring (bicyclic) bond motifs is 3. The van der Waals surface area contributed by atoms with Crippen LogP contribution in [0, 0.1) is 6.92 Å². The number of nitrogens with zero attached hydrogens (tertiary/aromatic N) is 6. The first kappa shape index (κ1) is 22.1. The predicted octanol–water partition coefficient (Wildman–Crippen LogP) is 3.13. The number of ether oxygens (including phenoxy) is 1. The maximum absolute atomic E-state index is 15.2. The number of pyridine rings is 1. The molecule has 182 valence electrons. The van der Waals surface area contributed by atoms with Gasteiger partial charge in [0.15, 0.2) is 12.0 Å². The first-order valence-electron chi connectivity index (χ1n) is 11.9. The highest BCUT2D eigenvalue weighted by molar-refractivity contribution is 6.09. The van der Waals surface area contributed by atoms with Gasteiger partial charge in [-0.3, -0.25) is 19.4 Å². The van der Waals surface area contributed by atoms with Crippen molar-refractivity contribution in [3.63, 3.8) is 0 Å². The smallest absolute Gasteiger partial charge is 0.261 e. The molecule has 1 unspecified atom stereocenters. The van der Waals surface area contributed by atoms with Crippen molar-refractivity contribution in [2.45, 2.75) is 69.9 Å². The zero-order chi connectivity index (χ0) is 24.5. The third kappa shape index (κ3) is 3.58. The molecule has 35 heavy (non-hydrogen) atoms. The Morgan fingerprint density at radius 2 is 2.03 bits per heavy atom. The minimum absolute atomic E-state index is 0.136. The van der Waals surface area contributed by atoms with E-state index in [-0.39, 0.29) is 17.3 Å². The maximum atomic E-state index is 15.2. The van der Waals surface area contributed by atoms with Gasteiger partial charge in [0.1, 0.15) is 6.10 Å². The van der Waals surface area contributed by atoms with E-state index < -0.39 is 17.8 Å². The van der Waals surface area contributed by atoms with Crippen LogP contribution in [0.5, 0.6) is 5.88 Å². The summed E-state index contributed by atoms with van der Waals surface area (Å²) < 4.78 is 22.9. The Hall–Kier alpha value is -3.40. The molecule has 0 spiro atoms. The molecule has 2 bridgehead atoms. The standard InChI is InChI=1S/C25H28FN7O2/c1-14-17(12-32(4)30-14)15-9-16-18(27-11-15)13-33(23(16)34)20-5-6-21(29-28-20)35-19-10-24(2)7-8-25(3,31-24)22(19)26/h5-6,9,11-12,19,22,31H,7-8,10,13H2,1-4H3/t19?,22-,24+,25-/m1/s1. The summed E-state index contributed by atoms with van der Waals surface area (Å²) in [6.07, 6.45) is 4.21. The first-order valence-corrected chi connectivity index (χ1v) is 11.9. The van der Waals surface area contributed by atoms with Gasteiger partial charge in [-0.2, -0.15) is 5.10 Å². The van der Waals surface area contributed by atoms with E-state index >= 15 is 4.39 Å². The van der Waals surface area contributed by atoms with Crippen molar-refractivity contribution in [2.24, 2.45) is 7.05 Å². The van der Waals surface area contributed by atoms with Crippen LogP contribution < -0.4 is 15.0 Å². The molecule has 4 atom stereocenters. The Balaban J connectivity index is 1.19. The second kappa shape index (κ2) is 7.55. The minimum atomic E-state index is -1.14. The van der Waals surface area contributed by atoms with Crippen LogP contribution in [-0.2, 0) is 13.6 Å². The lowest BCUT2D eigenvalue weighted by molar-refractivity contribution is -0.00952.